The highest BCUT2D eigenvalue weighted by molar-refractivity contribution is 5.98. The molecule has 0 aliphatic heterocycles. The number of amides is 1. The Kier molecular flexibility index (Phi) is 5.35. The maximum absolute atomic E-state index is 14.1. The Morgan fingerprint density at radius 2 is 2.00 bits per heavy atom. The zero-order valence-electron chi connectivity index (χ0n) is 17.2. The molecule has 0 atom stereocenters. The number of carbonyl (C=O) groups is 1. The van der Waals surface area contributed by atoms with E-state index >= 15 is 0 Å². The lowest BCUT2D eigenvalue weighted by molar-refractivity contribution is 0.0754. The third kappa shape index (κ3) is 3.63. The van der Waals surface area contributed by atoms with Gasteiger partial charge in [-0.15, -0.1) is 0 Å². The Balaban J connectivity index is 1.88. The summed E-state index contributed by atoms with van der Waals surface area (Å²) in [4.78, 5) is 23.5. The molecule has 1 saturated carbocycles. The molecule has 1 aliphatic rings. The van der Waals surface area contributed by atoms with Crippen LogP contribution in [0.5, 0.6) is 0 Å². The largest absolute Gasteiger partial charge is 0.339 e. The molecule has 1 fully saturated rings. The summed E-state index contributed by atoms with van der Waals surface area (Å²) in [5.41, 5.74) is 3.97. The predicted molar refractivity (Wildman–Crippen MR) is 112 cm³/mol. The van der Waals surface area contributed by atoms with E-state index in [1.54, 1.807) is 30.5 Å². The minimum absolute atomic E-state index is 0.0150. The van der Waals surface area contributed by atoms with Crippen LogP contribution in [0.15, 0.2) is 36.9 Å². The number of aromatic nitrogens is 3. The molecule has 6 heteroatoms. The summed E-state index contributed by atoms with van der Waals surface area (Å²) in [7, 11) is 1.74. The van der Waals surface area contributed by atoms with Crippen molar-refractivity contribution in [1.82, 2.24) is 19.4 Å². The molecule has 0 radical (unpaired) electrons. The van der Waals surface area contributed by atoms with Crippen LogP contribution in [0.4, 0.5) is 4.39 Å². The van der Waals surface area contributed by atoms with Crippen LogP contribution in [0.1, 0.15) is 67.8 Å². The first-order valence-corrected chi connectivity index (χ1v) is 10.4. The third-order valence-corrected chi connectivity index (χ3v) is 6.08. The van der Waals surface area contributed by atoms with Gasteiger partial charge in [-0.2, -0.15) is 0 Å². The fourth-order valence-corrected chi connectivity index (χ4v) is 4.22. The highest BCUT2D eigenvalue weighted by atomic mass is 19.1. The Bertz CT molecular complexity index is 1040. The Morgan fingerprint density at radius 1 is 1.24 bits per heavy atom. The van der Waals surface area contributed by atoms with Crippen LogP contribution in [0.25, 0.3) is 16.7 Å². The minimum Gasteiger partial charge on any atom is -0.339 e. The number of halogens is 1. The molecule has 0 N–H and O–H groups in total. The number of rotatable bonds is 4. The molecule has 1 amide bonds. The molecule has 1 aliphatic carbocycles. The number of hydrogen-bond donors (Lipinski definition) is 0. The quantitative estimate of drug-likeness (QED) is 0.619. The van der Waals surface area contributed by atoms with Crippen LogP contribution in [0.2, 0.25) is 0 Å². The number of nitrogens with zero attached hydrogens (tertiary/aromatic N) is 4. The molecule has 0 unspecified atom stereocenters. The van der Waals surface area contributed by atoms with Crippen molar-refractivity contribution in [3.05, 3.63) is 53.9 Å². The first-order valence-electron chi connectivity index (χ1n) is 10.4. The van der Waals surface area contributed by atoms with E-state index in [0.29, 0.717) is 17.2 Å². The average molecular weight is 394 g/mol. The maximum atomic E-state index is 14.1. The Morgan fingerprint density at radius 3 is 2.72 bits per heavy atom. The second kappa shape index (κ2) is 7.93. The molecule has 0 saturated heterocycles. The minimum atomic E-state index is -0.422. The van der Waals surface area contributed by atoms with Gasteiger partial charge in [0.05, 0.1) is 28.5 Å². The molecule has 0 bridgehead atoms. The smallest absolute Gasteiger partial charge is 0.256 e. The molecular weight excluding hydrogens is 367 g/mol. The van der Waals surface area contributed by atoms with E-state index in [-0.39, 0.29) is 11.9 Å². The highest BCUT2D eigenvalue weighted by Crippen LogP contribution is 2.37. The van der Waals surface area contributed by atoms with Crippen LogP contribution in [-0.4, -0.2) is 38.4 Å². The molecule has 152 valence electrons. The molecule has 1 aromatic carbocycles. The van der Waals surface area contributed by atoms with Gasteiger partial charge in [0.1, 0.15) is 12.1 Å². The number of benzene rings is 1. The summed E-state index contributed by atoms with van der Waals surface area (Å²) in [6, 6.07) is 4.42. The topological polar surface area (TPSA) is 51.0 Å². The predicted octanol–water partition coefficient (Wildman–Crippen LogP) is 5.09. The summed E-state index contributed by atoms with van der Waals surface area (Å²) in [6.45, 7) is 3.88. The van der Waals surface area contributed by atoms with Gasteiger partial charge in [0, 0.05) is 19.3 Å². The van der Waals surface area contributed by atoms with E-state index in [2.05, 4.69) is 16.2 Å². The molecular formula is C23H27FN4O. The van der Waals surface area contributed by atoms with Gasteiger partial charge in [-0.05, 0) is 56.4 Å². The van der Waals surface area contributed by atoms with Gasteiger partial charge in [0.2, 0.25) is 0 Å². The number of fused-ring (bicyclic) bond motifs is 1. The fourth-order valence-electron chi connectivity index (χ4n) is 4.22. The molecule has 29 heavy (non-hydrogen) atoms. The lowest BCUT2D eigenvalue weighted by Gasteiger charge is -2.23. The third-order valence-electron chi connectivity index (χ3n) is 6.08. The van der Waals surface area contributed by atoms with Crippen molar-refractivity contribution in [3.63, 3.8) is 0 Å². The lowest BCUT2D eigenvalue weighted by atomic mass is 9.85. The molecule has 2 aromatic heterocycles. The zero-order valence-corrected chi connectivity index (χ0v) is 17.2. The van der Waals surface area contributed by atoms with Crippen LogP contribution in [0.3, 0.4) is 0 Å². The average Bonchev–Trinajstić information content (AvgIpc) is 3.13. The van der Waals surface area contributed by atoms with Crippen molar-refractivity contribution in [3.8, 4) is 5.69 Å². The van der Waals surface area contributed by atoms with E-state index in [1.165, 1.54) is 37.0 Å². The van der Waals surface area contributed by atoms with Crippen LogP contribution in [0, 0.1) is 5.82 Å². The SMILES string of the molecule is CC(C)N(C)C(=O)c1cc(F)ccc1-n1cc(C2CCCCC2)c2ncncc21. The second-order valence-electron chi connectivity index (χ2n) is 8.22. The maximum Gasteiger partial charge on any atom is 0.256 e. The van der Waals surface area contributed by atoms with Crippen LogP contribution in [-0.2, 0) is 0 Å². The van der Waals surface area contributed by atoms with E-state index in [0.717, 1.165) is 23.9 Å². The van der Waals surface area contributed by atoms with Crippen molar-refractivity contribution >= 4 is 16.9 Å². The van der Waals surface area contributed by atoms with Gasteiger partial charge in [0.25, 0.3) is 5.91 Å². The fraction of sp³-hybridized carbons (Fsp3) is 0.435. The van der Waals surface area contributed by atoms with E-state index in [9.17, 15) is 9.18 Å². The van der Waals surface area contributed by atoms with Crippen molar-refractivity contribution < 1.29 is 9.18 Å². The van der Waals surface area contributed by atoms with Crippen molar-refractivity contribution in [2.75, 3.05) is 7.05 Å². The van der Waals surface area contributed by atoms with Crippen molar-refractivity contribution in [1.29, 1.82) is 0 Å². The second-order valence-corrected chi connectivity index (χ2v) is 8.22. The normalized spacial score (nSPS) is 15.2. The summed E-state index contributed by atoms with van der Waals surface area (Å²) in [5, 5.41) is 0. The van der Waals surface area contributed by atoms with Crippen LogP contribution >= 0.6 is 0 Å². The number of hydrogen-bond acceptors (Lipinski definition) is 3. The monoisotopic (exact) mass is 394 g/mol. The number of carbonyl (C=O) groups excluding carboxylic acids is 1. The highest BCUT2D eigenvalue weighted by Gasteiger charge is 2.25. The molecule has 3 aromatic rings. The van der Waals surface area contributed by atoms with Gasteiger partial charge in [-0.1, -0.05) is 19.3 Å². The summed E-state index contributed by atoms with van der Waals surface area (Å²) < 4.78 is 16.1. The van der Waals surface area contributed by atoms with Crippen molar-refractivity contribution in [2.45, 2.75) is 57.9 Å². The van der Waals surface area contributed by atoms with Gasteiger partial charge < -0.3 is 9.47 Å². The summed E-state index contributed by atoms with van der Waals surface area (Å²) in [6.07, 6.45) is 11.4. The zero-order chi connectivity index (χ0) is 20.5. The molecule has 5 nitrogen and oxygen atoms in total. The van der Waals surface area contributed by atoms with E-state index in [4.69, 9.17) is 0 Å². The van der Waals surface area contributed by atoms with Crippen LogP contribution < -0.4 is 0 Å². The Labute approximate surface area is 170 Å². The molecule has 2 heterocycles. The van der Waals surface area contributed by atoms with Gasteiger partial charge in [-0.3, -0.25) is 4.79 Å². The van der Waals surface area contributed by atoms with Gasteiger partial charge in [0.15, 0.2) is 0 Å². The Hall–Kier alpha value is -2.76. The summed E-state index contributed by atoms with van der Waals surface area (Å²) >= 11 is 0. The van der Waals surface area contributed by atoms with Crippen molar-refractivity contribution in [2.24, 2.45) is 0 Å². The summed E-state index contributed by atoms with van der Waals surface area (Å²) in [5.74, 6) is -0.165. The van der Waals surface area contributed by atoms with Gasteiger partial charge >= 0.3 is 0 Å². The first-order chi connectivity index (χ1) is 14.0. The standard InChI is InChI=1S/C23H27FN4O/c1-15(2)27(3)23(29)18-11-17(24)9-10-20(18)28-13-19(16-7-5-4-6-8-16)22-21(28)12-25-14-26-22/h9-16H,4-8H2,1-3H3. The van der Waals surface area contributed by atoms with E-state index < -0.39 is 5.82 Å². The molecule has 0 spiro atoms. The first kappa shape index (κ1) is 19.6. The molecule has 4 rings (SSSR count). The van der Waals surface area contributed by atoms with Gasteiger partial charge in [-0.25, -0.2) is 14.4 Å². The lowest BCUT2D eigenvalue weighted by Crippen LogP contribution is -2.33. The van der Waals surface area contributed by atoms with E-state index in [1.807, 2.05) is 18.4 Å².